The average molecular weight is 176 g/mol. The molecule has 0 aromatic heterocycles. The summed E-state index contributed by atoms with van der Waals surface area (Å²) in [5.41, 5.74) is 1.31. The van der Waals surface area contributed by atoms with Gasteiger partial charge in [-0.05, 0) is 44.8 Å². The van der Waals surface area contributed by atoms with E-state index in [1.165, 1.54) is 18.4 Å². The lowest BCUT2D eigenvalue weighted by atomic mass is 9.99. The molecule has 1 rings (SSSR count). The Balaban J connectivity index is 2.46. The van der Waals surface area contributed by atoms with E-state index in [1.54, 1.807) is 18.2 Å². The SMILES string of the molecule is C/C=C/C(=O)/C=C/C1=CCCCC1. The summed E-state index contributed by atoms with van der Waals surface area (Å²) >= 11 is 0. The molecule has 1 aliphatic carbocycles. The average Bonchev–Trinajstić information content (AvgIpc) is 2.17. The van der Waals surface area contributed by atoms with E-state index in [1.807, 2.05) is 13.0 Å². The van der Waals surface area contributed by atoms with Gasteiger partial charge in [0.2, 0.25) is 0 Å². The van der Waals surface area contributed by atoms with Gasteiger partial charge >= 0.3 is 0 Å². The Morgan fingerprint density at radius 3 is 2.85 bits per heavy atom. The minimum absolute atomic E-state index is 0.0778. The quantitative estimate of drug-likeness (QED) is 0.603. The summed E-state index contributed by atoms with van der Waals surface area (Å²) in [6, 6.07) is 0. The van der Waals surface area contributed by atoms with Crippen LogP contribution in [0.5, 0.6) is 0 Å². The monoisotopic (exact) mass is 176 g/mol. The van der Waals surface area contributed by atoms with Crippen LogP contribution in [0.15, 0.2) is 36.0 Å². The van der Waals surface area contributed by atoms with Crippen LogP contribution in [0.2, 0.25) is 0 Å². The van der Waals surface area contributed by atoms with E-state index in [0.29, 0.717) is 0 Å². The van der Waals surface area contributed by atoms with Gasteiger partial charge in [0.1, 0.15) is 0 Å². The number of hydrogen-bond donors (Lipinski definition) is 0. The highest BCUT2D eigenvalue weighted by molar-refractivity contribution is 5.99. The Bertz CT molecular complexity index is 256. The first kappa shape index (κ1) is 9.97. The van der Waals surface area contributed by atoms with Gasteiger partial charge in [0.15, 0.2) is 5.78 Å². The number of rotatable bonds is 3. The molecule has 70 valence electrons. The summed E-state index contributed by atoms with van der Waals surface area (Å²) in [7, 11) is 0. The van der Waals surface area contributed by atoms with Gasteiger partial charge in [-0.25, -0.2) is 0 Å². The second-order valence-corrected chi connectivity index (χ2v) is 3.26. The van der Waals surface area contributed by atoms with E-state index in [9.17, 15) is 4.79 Å². The van der Waals surface area contributed by atoms with Gasteiger partial charge in [-0.15, -0.1) is 0 Å². The Morgan fingerprint density at radius 1 is 1.38 bits per heavy atom. The van der Waals surface area contributed by atoms with Gasteiger partial charge in [-0.2, -0.15) is 0 Å². The van der Waals surface area contributed by atoms with Gasteiger partial charge in [-0.1, -0.05) is 23.8 Å². The fourth-order valence-electron chi connectivity index (χ4n) is 1.42. The van der Waals surface area contributed by atoms with Crippen molar-refractivity contribution < 1.29 is 4.79 Å². The summed E-state index contributed by atoms with van der Waals surface area (Å²) < 4.78 is 0. The smallest absolute Gasteiger partial charge is 0.178 e. The van der Waals surface area contributed by atoms with Crippen LogP contribution in [0.25, 0.3) is 0 Å². The minimum atomic E-state index is 0.0778. The lowest BCUT2D eigenvalue weighted by Crippen LogP contribution is -1.90. The molecule has 1 heteroatoms. The standard InChI is InChI=1S/C12H16O/c1-2-6-12(13)10-9-11-7-4-3-5-8-11/h2,6-7,9-10H,3-5,8H2,1H3/b6-2+,10-9+. The molecule has 0 heterocycles. The van der Waals surface area contributed by atoms with Crippen molar-refractivity contribution in [1.82, 2.24) is 0 Å². The number of allylic oxidation sites excluding steroid dienone is 6. The maximum Gasteiger partial charge on any atom is 0.178 e. The summed E-state index contributed by atoms with van der Waals surface area (Å²) in [5.74, 6) is 0.0778. The van der Waals surface area contributed by atoms with Gasteiger partial charge in [0.25, 0.3) is 0 Å². The van der Waals surface area contributed by atoms with Crippen molar-refractivity contribution in [2.75, 3.05) is 0 Å². The van der Waals surface area contributed by atoms with E-state index in [0.717, 1.165) is 12.8 Å². The van der Waals surface area contributed by atoms with Crippen LogP contribution in [-0.2, 0) is 4.79 Å². The Labute approximate surface area is 79.8 Å². The molecule has 0 spiro atoms. The fraction of sp³-hybridized carbons (Fsp3) is 0.417. The molecule has 0 saturated carbocycles. The number of carbonyl (C=O) groups excluding carboxylic acids is 1. The molecule has 0 atom stereocenters. The fourth-order valence-corrected chi connectivity index (χ4v) is 1.42. The predicted octanol–water partition coefficient (Wildman–Crippen LogP) is 3.19. The van der Waals surface area contributed by atoms with Crippen LogP contribution >= 0.6 is 0 Å². The molecular weight excluding hydrogens is 160 g/mol. The van der Waals surface area contributed by atoms with Crippen LogP contribution in [0.3, 0.4) is 0 Å². The first-order valence-electron chi connectivity index (χ1n) is 4.86. The van der Waals surface area contributed by atoms with E-state index < -0.39 is 0 Å². The molecular formula is C12H16O. The third kappa shape index (κ3) is 3.88. The molecule has 0 aromatic carbocycles. The van der Waals surface area contributed by atoms with Gasteiger partial charge < -0.3 is 0 Å². The third-order valence-electron chi connectivity index (χ3n) is 2.12. The second-order valence-electron chi connectivity index (χ2n) is 3.26. The van der Waals surface area contributed by atoms with Crippen molar-refractivity contribution in [2.45, 2.75) is 32.6 Å². The van der Waals surface area contributed by atoms with Crippen molar-refractivity contribution in [1.29, 1.82) is 0 Å². The molecule has 0 aromatic rings. The van der Waals surface area contributed by atoms with Crippen LogP contribution in [0.4, 0.5) is 0 Å². The van der Waals surface area contributed by atoms with E-state index in [-0.39, 0.29) is 5.78 Å². The number of ketones is 1. The largest absolute Gasteiger partial charge is 0.290 e. The Hall–Kier alpha value is -1.11. The van der Waals surface area contributed by atoms with E-state index >= 15 is 0 Å². The van der Waals surface area contributed by atoms with Crippen LogP contribution < -0.4 is 0 Å². The molecule has 1 nitrogen and oxygen atoms in total. The molecule has 0 fully saturated rings. The topological polar surface area (TPSA) is 17.1 Å². The normalized spacial score (nSPS) is 18.1. The van der Waals surface area contributed by atoms with E-state index in [4.69, 9.17) is 0 Å². The highest BCUT2D eigenvalue weighted by atomic mass is 16.1. The van der Waals surface area contributed by atoms with Crippen molar-refractivity contribution in [3.8, 4) is 0 Å². The summed E-state index contributed by atoms with van der Waals surface area (Å²) in [6.07, 6.45) is 14.0. The minimum Gasteiger partial charge on any atom is -0.290 e. The molecule has 1 aliphatic rings. The van der Waals surface area contributed by atoms with Crippen molar-refractivity contribution in [2.24, 2.45) is 0 Å². The van der Waals surface area contributed by atoms with Crippen LogP contribution in [-0.4, -0.2) is 5.78 Å². The van der Waals surface area contributed by atoms with Crippen molar-refractivity contribution in [3.05, 3.63) is 36.0 Å². The van der Waals surface area contributed by atoms with Crippen molar-refractivity contribution >= 4 is 5.78 Å². The Morgan fingerprint density at radius 2 is 2.23 bits per heavy atom. The molecule has 0 unspecified atom stereocenters. The Kier molecular flexibility index (Phi) is 4.24. The molecule has 0 bridgehead atoms. The van der Waals surface area contributed by atoms with Crippen LogP contribution in [0.1, 0.15) is 32.6 Å². The lowest BCUT2D eigenvalue weighted by Gasteiger charge is -2.07. The highest BCUT2D eigenvalue weighted by Gasteiger charge is 1.99. The first-order chi connectivity index (χ1) is 6.33. The molecule has 0 aliphatic heterocycles. The van der Waals surface area contributed by atoms with Crippen LogP contribution in [0, 0.1) is 0 Å². The van der Waals surface area contributed by atoms with Gasteiger partial charge in [0, 0.05) is 0 Å². The molecule has 0 N–H and O–H groups in total. The second kappa shape index (κ2) is 5.52. The van der Waals surface area contributed by atoms with Gasteiger partial charge in [0.05, 0.1) is 0 Å². The van der Waals surface area contributed by atoms with Gasteiger partial charge in [-0.3, -0.25) is 4.79 Å². The maximum absolute atomic E-state index is 11.1. The zero-order chi connectivity index (χ0) is 9.52. The zero-order valence-electron chi connectivity index (χ0n) is 8.12. The molecule has 0 saturated heterocycles. The van der Waals surface area contributed by atoms with E-state index in [2.05, 4.69) is 6.08 Å². The van der Waals surface area contributed by atoms with Crippen molar-refractivity contribution in [3.63, 3.8) is 0 Å². The number of hydrogen-bond acceptors (Lipinski definition) is 1. The molecule has 0 radical (unpaired) electrons. The maximum atomic E-state index is 11.1. The predicted molar refractivity (Wildman–Crippen MR) is 55.5 cm³/mol. The summed E-state index contributed by atoms with van der Waals surface area (Å²) in [4.78, 5) is 11.1. The first-order valence-corrected chi connectivity index (χ1v) is 4.86. The zero-order valence-corrected chi connectivity index (χ0v) is 8.12. The summed E-state index contributed by atoms with van der Waals surface area (Å²) in [6.45, 7) is 1.85. The molecule has 13 heavy (non-hydrogen) atoms. The number of carbonyl (C=O) groups is 1. The highest BCUT2D eigenvalue weighted by Crippen LogP contribution is 2.17. The summed E-state index contributed by atoms with van der Waals surface area (Å²) in [5, 5.41) is 0. The third-order valence-corrected chi connectivity index (χ3v) is 2.12. The lowest BCUT2D eigenvalue weighted by molar-refractivity contribution is -0.110. The molecule has 0 amide bonds.